The zero-order valence-electron chi connectivity index (χ0n) is 15.2. The van der Waals surface area contributed by atoms with Gasteiger partial charge in [-0.05, 0) is 43.7 Å². The molecule has 3 rings (SSSR count). The van der Waals surface area contributed by atoms with E-state index < -0.39 is 0 Å². The van der Waals surface area contributed by atoms with Crippen LogP contribution in [0.3, 0.4) is 0 Å². The van der Waals surface area contributed by atoms with Crippen LogP contribution in [0.15, 0.2) is 47.3 Å². The highest BCUT2D eigenvalue weighted by Crippen LogP contribution is 2.24. The van der Waals surface area contributed by atoms with E-state index in [4.69, 9.17) is 21.3 Å². The van der Waals surface area contributed by atoms with E-state index >= 15 is 0 Å². The fourth-order valence-corrected chi connectivity index (χ4v) is 3.24. The van der Waals surface area contributed by atoms with Crippen LogP contribution in [0, 0.1) is 6.92 Å². The molecule has 3 aromatic rings. The van der Waals surface area contributed by atoms with Crippen molar-refractivity contribution >= 4 is 22.5 Å². The van der Waals surface area contributed by atoms with E-state index in [0.29, 0.717) is 28.4 Å². The lowest BCUT2D eigenvalue weighted by molar-refractivity contribution is -0.695. The van der Waals surface area contributed by atoms with E-state index in [2.05, 4.69) is 5.32 Å². The van der Waals surface area contributed by atoms with Crippen molar-refractivity contribution in [3.05, 3.63) is 69.2 Å². The molecule has 0 spiro atoms. The number of aromatic nitrogens is 2. The predicted octanol–water partition coefficient (Wildman–Crippen LogP) is 2.62. The zero-order chi connectivity index (χ0) is 18.7. The maximum Gasteiger partial charge on any atom is 0.266 e. The lowest BCUT2D eigenvalue weighted by atomic mass is 10.1. The molecule has 1 aromatic heterocycles. The Balaban J connectivity index is 2.24. The third kappa shape index (κ3) is 3.51. The molecular formula is C20H23ClN3O2+. The number of rotatable bonds is 6. The maximum atomic E-state index is 13.3. The fourth-order valence-electron chi connectivity index (χ4n) is 3.07. The highest BCUT2D eigenvalue weighted by atomic mass is 35.5. The van der Waals surface area contributed by atoms with Crippen molar-refractivity contribution in [1.82, 2.24) is 9.55 Å². The second kappa shape index (κ2) is 7.99. The number of fused-ring (bicyclic) bond motifs is 1. The summed E-state index contributed by atoms with van der Waals surface area (Å²) in [6, 6.07) is 13.0. The summed E-state index contributed by atoms with van der Waals surface area (Å²) >= 11 is 6.31. The first-order valence-corrected chi connectivity index (χ1v) is 9.02. The molecule has 2 aromatic carbocycles. The summed E-state index contributed by atoms with van der Waals surface area (Å²) in [5.74, 6) is 0.704. The monoisotopic (exact) mass is 372 g/mol. The van der Waals surface area contributed by atoms with Gasteiger partial charge in [0.2, 0.25) is 0 Å². The summed E-state index contributed by atoms with van der Waals surface area (Å²) in [7, 11) is 1.68. The molecule has 2 N–H and O–H groups in total. The van der Waals surface area contributed by atoms with Crippen LogP contribution in [0.4, 0.5) is 0 Å². The highest BCUT2D eigenvalue weighted by Gasteiger charge is 2.21. The van der Waals surface area contributed by atoms with Gasteiger partial charge in [-0.2, -0.15) is 0 Å². The van der Waals surface area contributed by atoms with Gasteiger partial charge in [0, 0.05) is 12.1 Å². The Morgan fingerprint density at radius 1 is 1.23 bits per heavy atom. The smallest absolute Gasteiger partial charge is 0.266 e. The van der Waals surface area contributed by atoms with E-state index in [-0.39, 0.29) is 11.6 Å². The molecule has 0 unspecified atom stereocenters. The van der Waals surface area contributed by atoms with Crippen molar-refractivity contribution in [2.24, 2.45) is 0 Å². The van der Waals surface area contributed by atoms with Gasteiger partial charge in [-0.25, -0.2) is 4.98 Å². The first-order chi connectivity index (χ1) is 12.5. The van der Waals surface area contributed by atoms with E-state index in [1.807, 2.05) is 56.3 Å². The van der Waals surface area contributed by atoms with Gasteiger partial charge >= 0.3 is 0 Å². The van der Waals surface area contributed by atoms with Crippen molar-refractivity contribution in [2.45, 2.75) is 19.9 Å². The number of para-hydroxylation sites is 1. The largest absolute Gasteiger partial charge is 0.379 e. The topological polar surface area (TPSA) is 60.7 Å². The maximum absolute atomic E-state index is 13.3. The van der Waals surface area contributed by atoms with E-state index in [1.54, 1.807) is 11.7 Å². The third-order valence-electron chi connectivity index (χ3n) is 4.53. The minimum atomic E-state index is -0.0806. The zero-order valence-corrected chi connectivity index (χ0v) is 16.0. The summed E-state index contributed by atoms with van der Waals surface area (Å²) in [5.41, 5.74) is 2.25. The van der Waals surface area contributed by atoms with Gasteiger partial charge in [0.1, 0.15) is 6.04 Å². The fraction of sp³-hybridized carbons (Fsp3) is 0.300. The molecule has 0 saturated heterocycles. The van der Waals surface area contributed by atoms with Gasteiger partial charge in [-0.1, -0.05) is 29.8 Å². The number of benzene rings is 2. The number of ether oxygens (including phenoxy) is 1. The average Bonchev–Trinajstić information content (AvgIpc) is 2.64. The highest BCUT2D eigenvalue weighted by molar-refractivity contribution is 6.31. The minimum Gasteiger partial charge on any atom is -0.379 e. The van der Waals surface area contributed by atoms with E-state index in [1.165, 1.54) is 0 Å². The normalized spacial score (nSPS) is 12.5. The van der Waals surface area contributed by atoms with Gasteiger partial charge in [-0.15, -0.1) is 0 Å². The SMILES string of the molecule is COCC[NH2+][C@@H](C)c1nc2ccccc2c(=O)n1-c1cccc(Cl)c1C. The van der Waals surface area contributed by atoms with Crippen molar-refractivity contribution in [1.29, 1.82) is 0 Å². The van der Waals surface area contributed by atoms with Crippen LogP contribution in [0.1, 0.15) is 24.4 Å². The summed E-state index contributed by atoms with van der Waals surface area (Å²) < 4.78 is 6.83. The summed E-state index contributed by atoms with van der Waals surface area (Å²) in [5, 5.41) is 3.35. The number of hydrogen-bond donors (Lipinski definition) is 1. The Hall–Kier alpha value is -2.21. The van der Waals surface area contributed by atoms with Crippen LogP contribution in [0.5, 0.6) is 0 Å². The molecule has 0 bridgehead atoms. The standard InChI is InChI=1S/C20H22ClN3O2/c1-13-16(21)8-6-10-18(13)24-19(14(2)22-11-12-26-3)23-17-9-5-4-7-15(17)20(24)25/h4-10,14,22H,11-12H2,1-3H3/p+1/t14-/m0/s1. The molecule has 0 radical (unpaired) electrons. The number of nitrogens with two attached hydrogens (primary N) is 1. The van der Waals surface area contributed by atoms with Crippen LogP contribution in [-0.2, 0) is 4.74 Å². The Morgan fingerprint density at radius 2 is 2.00 bits per heavy atom. The van der Waals surface area contributed by atoms with Gasteiger partial charge in [-0.3, -0.25) is 9.36 Å². The summed E-state index contributed by atoms with van der Waals surface area (Å²) in [6.45, 7) is 5.39. The average molecular weight is 373 g/mol. The Morgan fingerprint density at radius 3 is 2.77 bits per heavy atom. The summed E-state index contributed by atoms with van der Waals surface area (Å²) in [4.78, 5) is 18.1. The molecule has 1 atom stereocenters. The van der Waals surface area contributed by atoms with Gasteiger partial charge in [0.05, 0.1) is 29.7 Å². The van der Waals surface area contributed by atoms with Crippen molar-refractivity contribution in [3.63, 3.8) is 0 Å². The summed E-state index contributed by atoms with van der Waals surface area (Å²) in [6.07, 6.45) is 0. The Labute approximate surface area is 157 Å². The lowest BCUT2D eigenvalue weighted by Gasteiger charge is -2.19. The number of methoxy groups -OCH3 is 1. The first-order valence-electron chi connectivity index (χ1n) is 8.64. The van der Waals surface area contributed by atoms with Crippen molar-refractivity contribution in [2.75, 3.05) is 20.3 Å². The van der Waals surface area contributed by atoms with E-state index in [9.17, 15) is 4.79 Å². The molecule has 0 saturated carbocycles. The van der Waals surface area contributed by atoms with Gasteiger partial charge in [0.25, 0.3) is 5.56 Å². The molecule has 5 nitrogen and oxygen atoms in total. The van der Waals surface area contributed by atoms with E-state index in [0.717, 1.165) is 17.8 Å². The second-order valence-electron chi connectivity index (χ2n) is 6.32. The van der Waals surface area contributed by atoms with Crippen molar-refractivity contribution < 1.29 is 10.1 Å². The molecule has 0 amide bonds. The molecule has 0 aliphatic rings. The lowest BCUT2D eigenvalue weighted by Crippen LogP contribution is -2.86. The molecule has 0 aliphatic heterocycles. The van der Waals surface area contributed by atoms with Crippen LogP contribution in [0.2, 0.25) is 5.02 Å². The number of nitrogens with zero attached hydrogens (tertiary/aromatic N) is 2. The minimum absolute atomic E-state index is 0.0131. The van der Waals surface area contributed by atoms with Crippen LogP contribution in [0.25, 0.3) is 16.6 Å². The third-order valence-corrected chi connectivity index (χ3v) is 4.94. The van der Waals surface area contributed by atoms with Crippen molar-refractivity contribution in [3.8, 4) is 5.69 Å². The molecule has 0 fully saturated rings. The molecular weight excluding hydrogens is 350 g/mol. The molecule has 6 heteroatoms. The van der Waals surface area contributed by atoms with Crippen LogP contribution >= 0.6 is 11.6 Å². The van der Waals surface area contributed by atoms with Crippen LogP contribution in [-0.4, -0.2) is 29.8 Å². The molecule has 1 heterocycles. The van der Waals surface area contributed by atoms with Gasteiger partial charge in [0.15, 0.2) is 5.82 Å². The number of quaternary nitrogens is 1. The molecule has 0 aliphatic carbocycles. The molecule has 136 valence electrons. The predicted molar refractivity (Wildman–Crippen MR) is 104 cm³/mol. The quantitative estimate of drug-likeness (QED) is 0.676. The molecule has 26 heavy (non-hydrogen) atoms. The number of hydrogen-bond acceptors (Lipinski definition) is 3. The number of halogens is 1. The Kier molecular flexibility index (Phi) is 5.71. The second-order valence-corrected chi connectivity index (χ2v) is 6.72. The van der Waals surface area contributed by atoms with Gasteiger partial charge < -0.3 is 10.1 Å². The first kappa shape index (κ1) is 18.6. The Bertz CT molecular complexity index is 984. The van der Waals surface area contributed by atoms with Crippen LogP contribution < -0.4 is 10.9 Å².